The Bertz CT molecular complexity index is 429. The molecule has 0 spiro atoms. The molecule has 0 bridgehead atoms. The van der Waals surface area contributed by atoms with Crippen molar-refractivity contribution < 1.29 is 4.74 Å². The average molecular weight is 265 g/mol. The topological polar surface area (TPSA) is 35.2 Å². The first kappa shape index (κ1) is 15.0. The average Bonchev–Trinajstić information content (AvgIpc) is 2.27. The highest BCUT2D eigenvalue weighted by atomic mass is 32.1. The molecule has 1 rings (SSSR count). The summed E-state index contributed by atoms with van der Waals surface area (Å²) in [5.74, 6) is 1.20. The third kappa shape index (κ3) is 3.98. The van der Waals surface area contributed by atoms with Gasteiger partial charge in [0.25, 0.3) is 0 Å². The molecule has 0 saturated heterocycles. The lowest BCUT2D eigenvalue weighted by Gasteiger charge is -2.17. The number of hydrogen-bond acceptors (Lipinski definition) is 2. The molecule has 0 saturated carbocycles. The molecule has 0 aliphatic rings. The van der Waals surface area contributed by atoms with E-state index in [9.17, 15) is 0 Å². The molecule has 100 valence electrons. The zero-order valence-corrected chi connectivity index (χ0v) is 12.6. The first-order valence-electron chi connectivity index (χ1n) is 6.48. The van der Waals surface area contributed by atoms with Gasteiger partial charge in [-0.15, -0.1) is 0 Å². The van der Waals surface area contributed by atoms with Gasteiger partial charge in [0.15, 0.2) is 0 Å². The largest absolute Gasteiger partial charge is 0.493 e. The van der Waals surface area contributed by atoms with Crippen molar-refractivity contribution in [2.45, 2.75) is 40.5 Å². The van der Waals surface area contributed by atoms with Gasteiger partial charge in [0.2, 0.25) is 0 Å². The Hall–Kier alpha value is -1.09. The van der Waals surface area contributed by atoms with Crippen molar-refractivity contribution in [1.82, 2.24) is 0 Å². The number of ether oxygens (including phenoxy) is 1. The molecule has 18 heavy (non-hydrogen) atoms. The van der Waals surface area contributed by atoms with Gasteiger partial charge in [0, 0.05) is 5.92 Å². The highest BCUT2D eigenvalue weighted by Gasteiger charge is 2.13. The van der Waals surface area contributed by atoms with Crippen LogP contribution in [0.25, 0.3) is 0 Å². The normalized spacial score (nSPS) is 12.2. The summed E-state index contributed by atoms with van der Waals surface area (Å²) in [6, 6.07) is 4.33. The summed E-state index contributed by atoms with van der Waals surface area (Å²) in [7, 11) is 0. The van der Waals surface area contributed by atoms with Gasteiger partial charge in [-0.3, -0.25) is 0 Å². The van der Waals surface area contributed by atoms with Gasteiger partial charge in [-0.25, -0.2) is 0 Å². The minimum absolute atomic E-state index is 0.199. The van der Waals surface area contributed by atoms with Crippen molar-refractivity contribution in [3.8, 4) is 5.75 Å². The van der Waals surface area contributed by atoms with Crippen molar-refractivity contribution in [3.63, 3.8) is 0 Å². The Morgan fingerprint density at radius 1 is 1.39 bits per heavy atom. The monoisotopic (exact) mass is 265 g/mol. The van der Waals surface area contributed by atoms with Crippen LogP contribution in [0.15, 0.2) is 12.1 Å². The molecule has 0 amide bonds. The van der Waals surface area contributed by atoms with Gasteiger partial charge in [0.1, 0.15) is 5.75 Å². The molecular formula is C15H23NOS. The van der Waals surface area contributed by atoms with Crippen LogP contribution in [0.3, 0.4) is 0 Å². The van der Waals surface area contributed by atoms with Crippen LogP contribution in [-0.2, 0) is 6.42 Å². The molecule has 2 N–H and O–H groups in total. The zero-order chi connectivity index (χ0) is 13.7. The SMILES string of the molecule is CCCOc1c(C)cc(C)cc1CC(C)C(N)=S. The molecule has 1 unspecified atom stereocenters. The van der Waals surface area contributed by atoms with Crippen molar-refractivity contribution in [1.29, 1.82) is 0 Å². The van der Waals surface area contributed by atoms with Gasteiger partial charge < -0.3 is 10.5 Å². The smallest absolute Gasteiger partial charge is 0.125 e. The minimum Gasteiger partial charge on any atom is -0.493 e. The quantitative estimate of drug-likeness (QED) is 0.799. The van der Waals surface area contributed by atoms with E-state index in [1.165, 1.54) is 16.7 Å². The molecule has 2 nitrogen and oxygen atoms in total. The lowest BCUT2D eigenvalue weighted by atomic mass is 9.96. The van der Waals surface area contributed by atoms with Crippen molar-refractivity contribution in [2.75, 3.05) is 6.61 Å². The van der Waals surface area contributed by atoms with Gasteiger partial charge >= 0.3 is 0 Å². The fourth-order valence-electron chi connectivity index (χ4n) is 2.04. The Morgan fingerprint density at radius 2 is 2.06 bits per heavy atom. The van der Waals surface area contributed by atoms with E-state index < -0.39 is 0 Å². The highest BCUT2D eigenvalue weighted by Crippen LogP contribution is 2.28. The fraction of sp³-hybridized carbons (Fsp3) is 0.533. The van der Waals surface area contributed by atoms with Crippen LogP contribution in [0, 0.1) is 19.8 Å². The molecular weight excluding hydrogens is 242 g/mol. The standard InChI is InChI=1S/C15H23NOS/c1-5-6-17-14-11(3)7-10(2)8-13(14)9-12(4)15(16)18/h7-8,12H,5-6,9H2,1-4H3,(H2,16,18). The third-order valence-electron chi connectivity index (χ3n) is 2.96. The molecule has 1 atom stereocenters. The predicted octanol–water partition coefficient (Wildman–Crippen LogP) is 3.56. The van der Waals surface area contributed by atoms with Crippen LogP contribution in [-0.4, -0.2) is 11.6 Å². The number of aryl methyl sites for hydroxylation is 2. The van der Waals surface area contributed by atoms with Crippen LogP contribution in [0.2, 0.25) is 0 Å². The van der Waals surface area contributed by atoms with E-state index in [0.29, 0.717) is 4.99 Å². The van der Waals surface area contributed by atoms with E-state index in [1.54, 1.807) is 0 Å². The van der Waals surface area contributed by atoms with Gasteiger partial charge in [0.05, 0.1) is 11.6 Å². The maximum atomic E-state index is 5.87. The lowest BCUT2D eigenvalue weighted by Crippen LogP contribution is -2.20. The summed E-state index contributed by atoms with van der Waals surface area (Å²) >= 11 is 5.05. The zero-order valence-electron chi connectivity index (χ0n) is 11.7. The summed E-state index contributed by atoms with van der Waals surface area (Å²) in [4.78, 5) is 0.565. The Balaban J connectivity index is 3.02. The number of thiocarbonyl (C=S) groups is 1. The van der Waals surface area contributed by atoms with E-state index in [1.807, 2.05) is 0 Å². The molecule has 0 fully saturated rings. The van der Waals surface area contributed by atoms with E-state index >= 15 is 0 Å². The summed E-state index contributed by atoms with van der Waals surface area (Å²) in [5, 5.41) is 0. The number of nitrogens with two attached hydrogens (primary N) is 1. The van der Waals surface area contributed by atoms with Crippen molar-refractivity contribution >= 4 is 17.2 Å². The molecule has 3 heteroatoms. The second-order valence-electron chi connectivity index (χ2n) is 4.93. The minimum atomic E-state index is 0.199. The second-order valence-corrected chi connectivity index (χ2v) is 5.40. The van der Waals surface area contributed by atoms with Gasteiger partial charge in [-0.05, 0) is 37.8 Å². The van der Waals surface area contributed by atoms with Crippen LogP contribution < -0.4 is 10.5 Å². The summed E-state index contributed by atoms with van der Waals surface area (Å²) in [6.45, 7) is 9.11. The molecule has 0 aliphatic carbocycles. The second kappa shape index (κ2) is 6.74. The molecule has 0 aromatic heterocycles. The van der Waals surface area contributed by atoms with E-state index in [4.69, 9.17) is 22.7 Å². The molecule has 0 radical (unpaired) electrons. The first-order chi connectivity index (χ1) is 8.45. The Morgan fingerprint density at radius 3 is 2.61 bits per heavy atom. The van der Waals surface area contributed by atoms with E-state index in [-0.39, 0.29) is 5.92 Å². The Kier molecular flexibility index (Phi) is 5.60. The molecule has 0 aliphatic heterocycles. The fourth-order valence-corrected chi connectivity index (χ4v) is 2.12. The van der Waals surface area contributed by atoms with Crippen LogP contribution >= 0.6 is 12.2 Å². The third-order valence-corrected chi connectivity index (χ3v) is 3.36. The number of benzene rings is 1. The van der Waals surface area contributed by atoms with Crippen molar-refractivity contribution in [2.24, 2.45) is 11.7 Å². The first-order valence-corrected chi connectivity index (χ1v) is 6.88. The summed E-state index contributed by atoms with van der Waals surface area (Å²) < 4.78 is 5.87. The number of rotatable bonds is 6. The lowest BCUT2D eigenvalue weighted by molar-refractivity contribution is 0.311. The summed E-state index contributed by atoms with van der Waals surface area (Å²) in [6.07, 6.45) is 1.86. The molecule has 0 heterocycles. The van der Waals surface area contributed by atoms with Crippen LogP contribution in [0.1, 0.15) is 37.0 Å². The van der Waals surface area contributed by atoms with Crippen LogP contribution in [0.5, 0.6) is 5.75 Å². The molecule has 1 aromatic rings. The van der Waals surface area contributed by atoms with Crippen molar-refractivity contribution in [3.05, 3.63) is 28.8 Å². The highest BCUT2D eigenvalue weighted by molar-refractivity contribution is 7.80. The predicted molar refractivity (Wildman–Crippen MR) is 81.4 cm³/mol. The van der Waals surface area contributed by atoms with Gasteiger partial charge in [-0.1, -0.05) is 43.8 Å². The van der Waals surface area contributed by atoms with Gasteiger partial charge in [-0.2, -0.15) is 0 Å². The molecule has 1 aromatic carbocycles. The van der Waals surface area contributed by atoms with E-state index in [2.05, 4.69) is 39.8 Å². The summed E-state index contributed by atoms with van der Waals surface area (Å²) in [5.41, 5.74) is 9.35. The maximum absolute atomic E-state index is 5.87. The van der Waals surface area contributed by atoms with Crippen LogP contribution in [0.4, 0.5) is 0 Å². The number of hydrogen-bond donors (Lipinski definition) is 1. The Labute approximate surface area is 116 Å². The maximum Gasteiger partial charge on any atom is 0.125 e. The van der Waals surface area contributed by atoms with E-state index in [0.717, 1.165) is 25.2 Å².